The topological polar surface area (TPSA) is 40.5 Å². The second kappa shape index (κ2) is 7.77. The van der Waals surface area contributed by atoms with E-state index in [-0.39, 0.29) is 5.56 Å². The van der Waals surface area contributed by atoms with Gasteiger partial charge in [0.05, 0.1) is 11.3 Å². The first kappa shape index (κ1) is 15.5. The lowest BCUT2D eigenvalue weighted by atomic mass is 10.1. The van der Waals surface area contributed by atoms with Crippen LogP contribution in [0.25, 0.3) is 0 Å². The van der Waals surface area contributed by atoms with E-state index in [1.54, 1.807) is 6.07 Å². The largest absolute Gasteiger partial charge is 0.478 e. The number of carboxylic acid groups (broad SMARTS) is 1. The van der Waals surface area contributed by atoms with Crippen molar-refractivity contribution in [2.75, 3.05) is 18.0 Å². The number of aromatic carboxylic acids is 1. The predicted molar refractivity (Wildman–Crippen MR) is 75.4 cm³/mol. The molecule has 3 nitrogen and oxygen atoms in total. The summed E-state index contributed by atoms with van der Waals surface area (Å²) in [5, 5.41) is 9.20. The van der Waals surface area contributed by atoms with Gasteiger partial charge in [-0.1, -0.05) is 26.7 Å². The summed E-state index contributed by atoms with van der Waals surface area (Å²) in [5.41, 5.74) is 0.669. The van der Waals surface area contributed by atoms with Gasteiger partial charge in [-0.2, -0.15) is 0 Å². The molecule has 4 heteroatoms. The number of carbonyl (C=O) groups is 1. The lowest BCUT2D eigenvalue weighted by Gasteiger charge is -2.26. The standard InChI is InChI=1S/C15H22FNO2/c1-3-5-9-17(10-6-4-2)14-8-7-12(16)11-13(14)15(18)19/h7-8,11H,3-6,9-10H2,1-2H3,(H,18,19). The Morgan fingerprint density at radius 3 is 2.26 bits per heavy atom. The number of rotatable bonds is 8. The second-order valence-corrected chi connectivity index (χ2v) is 4.66. The highest BCUT2D eigenvalue weighted by Gasteiger charge is 2.16. The van der Waals surface area contributed by atoms with Gasteiger partial charge in [0.2, 0.25) is 0 Å². The van der Waals surface area contributed by atoms with Crippen molar-refractivity contribution in [3.63, 3.8) is 0 Å². The van der Waals surface area contributed by atoms with E-state index in [0.717, 1.165) is 44.8 Å². The van der Waals surface area contributed by atoms with Crippen LogP contribution < -0.4 is 4.90 Å². The molecule has 1 rings (SSSR count). The van der Waals surface area contributed by atoms with Gasteiger partial charge in [-0.25, -0.2) is 9.18 Å². The molecule has 0 saturated carbocycles. The summed E-state index contributed by atoms with van der Waals surface area (Å²) in [6.07, 6.45) is 4.10. The van der Waals surface area contributed by atoms with Gasteiger partial charge >= 0.3 is 5.97 Å². The fraction of sp³-hybridized carbons (Fsp3) is 0.533. The van der Waals surface area contributed by atoms with Crippen LogP contribution in [-0.4, -0.2) is 24.2 Å². The number of nitrogens with zero attached hydrogens (tertiary/aromatic N) is 1. The molecule has 0 unspecified atom stereocenters. The molecule has 0 radical (unpaired) electrons. The zero-order chi connectivity index (χ0) is 14.3. The monoisotopic (exact) mass is 267 g/mol. The van der Waals surface area contributed by atoms with Gasteiger partial charge in [0.25, 0.3) is 0 Å². The molecule has 0 heterocycles. The van der Waals surface area contributed by atoms with Gasteiger partial charge in [-0.3, -0.25) is 0 Å². The Bertz CT molecular complexity index is 413. The number of carboxylic acids is 1. The summed E-state index contributed by atoms with van der Waals surface area (Å²) in [6, 6.07) is 4.00. The van der Waals surface area contributed by atoms with Crippen molar-refractivity contribution in [1.29, 1.82) is 0 Å². The van der Waals surface area contributed by atoms with Crippen LogP contribution in [0, 0.1) is 5.82 Å². The van der Waals surface area contributed by atoms with E-state index in [0.29, 0.717) is 5.69 Å². The van der Waals surface area contributed by atoms with E-state index < -0.39 is 11.8 Å². The fourth-order valence-electron chi connectivity index (χ4n) is 2.01. The van der Waals surface area contributed by atoms with E-state index in [9.17, 15) is 14.3 Å². The number of anilines is 1. The molecule has 0 spiro atoms. The molecule has 0 fully saturated rings. The molecule has 0 aliphatic carbocycles. The Balaban J connectivity index is 3.02. The average molecular weight is 267 g/mol. The van der Waals surface area contributed by atoms with Crippen LogP contribution in [0.4, 0.5) is 10.1 Å². The van der Waals surface area contributed by atoms with Crippen molar-refractivity contribution in [1.82, 2.24) is 0 Å². The molecule has 1 N–H and O–H groups in total. The summed E-state index contributed by atoms with van der Waals surface area (Å²) >= 11 is 0. The molecule has 1 aromatic carbocycles. The first-order valence-electron chi connectivity index (χ1n) is 6.88. The van der Waals surface area contributed by atoms with Gasteiger partial charge in [-0.05, 0) is 31.0 Å². The van der Waals surface area contributed by atoms with Crippen LogP contribution in [0.2, 0.25) is 0 Å². The molecule has 1 aromatic rings. The lowest BCUT2D eigenvalue weighted by Crippen LogP contribution is -2.27. The maximum absolute atomic E-state index is 13.2. The van der Waals surface area contributed by atoms with E-state index in [4.69, 9.17) is 0 Å². The first-order chi connectivity index (χ1) is 9.10. The lowest BCUT2D eigenvalue weighted by molar-refractivity contribution is 0.0697. The van der Waals surface area contributed by atoms with Gasteiger partial charge in [0.1, 0.15) is 5.82 Å². The van der Waals surface area contributed by atoms with E-state index in [1.165, 1.54) is 6.07 Å². The molecule has 0 aliphatic rings. The highest BCUT2D eigenvalue weighted by Crippen LogP contribution is 2.23. The average Bonchev–Trinajstić information content (AvgIpc) is 2.39. The summed E-state index contributed by atoms with van der Waals surface area (Å²) in [5.74, 6) is -1.58. The maximum atomic E-state index is 13.2. The molecular formula is C15H22FNO2. The number of unbranched alkanes of at least 4 members (excludes halogenated alkanes) is 2. The van der Waals surface area contributed by atoms with Crippen LogP contribution in [0.5, 0.6) is 0 Å². The third-order valence-electron chi connectivity index (χ3n) is 3.09. The number of hydrogen-bond acceptors (Lipinski definition) is 2. The fourth-order valence-corrected chi connectivity index (χ4v) is 2.01. The van der Waals surface area contributed by atoms with Crippen molar-refractivity contribution >= 4 is 11.7 Å². The molecule has 0 aromatic heterocycles. The van der Waals surface area contributed by atoms with Gasteiger partial charge in [0, 0.05) is 13.1 Å². The van der Waals surface area contributed by atoms with Crippen LogP contribution in [0.3, 0.4) is 0 Å². The SMILES string of the molecule is CCCCN(CCCC)c1ccc(F)cc1C(=O)O. The van der Waals surface area contributed by atoms with Gasteiger partial charge in [-0.15, -0.1) is 0 Å². The van der Waals surface area contributed by atoms with Gasteiger partial charge < -0.3 is 10.0 Å². The summed E-state index contributed by atoms with van der Waals surface area (Å²) in [7, 11) is 0. The highest BCUT2D eigenvalue weighted by atomic mass is 19.1. The zero-order valence-corrected chi connectivity index (χ0v) is 11.7. The molecule has 0 aliphatic heterocycles. The molecule has 0 amide bonds. The van der Waals surface area contributed by atoms with Crippen molar-refractivity contribution in [2.24, 2.45) is 0 Å². The Hall–Kier alpha value is -1.58. The normalized spacial score (nSPS) is 10.5. The van der Waals surface area contributed by atoms with Gasteiger partial charge in [0.15, 0.2) is 0 Å². The first-order valence-corrected chi connectivity index (χ1v) is 6.88. The highest BCUT2D eigenvalue weighted by molar-refractivity contribution is 5.94. The third kappa shape index (κ3) is 4.54. The molecular weight excluding hydrogens is 245 g/mol. The molecule has 19 heavy (non-hydrogen) atoms. The second-order valence-electron chi connectivity index (χ2n) is 4.66. The smallest absolute Gasteiger partial charge is 0.337 e. The van der Waals surface area contributed by atoms with Crippen LogP contribution in [0.15, 0.2) is 18.2 Å². The number of halogens is 1. The minimum absolute atomic E-state index is 0.0483. The van der Waals surface area contributed by atoms with Crippen LogP contribution >= 0.6 is 0 Å². The minimum atomic E-state index is -1.08. The van der Waals surface area contributed by atoms with Crippen molar-refractivity contribution in [2.45, 2.75) is 39.5 Å². The molecule has 0 saturated heterocycles. The van der Waals surface area contributed by atoms with Crippen molar-refractivity contribution < 1.29 is 14.3 Å². The minimum Gasteiger partial charge on any atom is -0.478 e. The number of hydrogen-bond donors (Lipinski definition) is 1. The quantitative estimate of drug-likeness (QED) is 0.775. The van der Waals surface area contributed by atoms with E-state index in [1.807, 2.05) is 0 Å². The Morgan fingerprint density at radius 1 is 1.21 bits per heavy atom. The molecule has 0 atom stereocenters. The summed E-state index contributed by atoms with van der Waals surface area (Å²) < 4.78 is 13.2. The van der Waals surface area contributed by atoms with Crippen molar-refractivity contribution in [3.8, 4) is 0 Å². The predicted octanol–water partition coefficient (Wildman–Crippen LogP) is 3.93. The summed E-state index contributed by atoms with van der Waals surface area (Å²) in [6.45, 7) is 5.81. The van der Waals surface area contributed by atoms with Crippen LogP contribution in [0.1, 0.15) is 49.9 Å². The Morgan fingerprint density at radius 2 is 1.79 bits per heavy atom. The number of benzene rings is 1. The van der Waals surface area contributed by atoms with E-state index >= 15 is 0 Å². The Kier molecular flexibility index (Phi) is 6.33. The third-order valence-corrected chi connectivity index (χ3v) is 3.09. The zero-order valence-electron chi connectivity index (χ0n) is 11.7. The maximum Gasteiger partial charge on any atom is 0.337 e. The Labute approximate surface area is 114 Å². The molecule has 106 valence electrons. The molecule has 0 bridgehead atoms. The van der Waals surface area contributed by atoms with Crippen molar-refractivity contribution in [3.05, 3.63) is 29.6 Å². The van der Waals surface area contributed by atoms with E-state index in [2.05, 4.69) is 18.7 Å². The van der Waals surface area contributed by atoms with Crippen LogP contribution in [-0.2, 0) is 0 Å². The summed E-state index contributed by atoms with van der Waals surface area (Å²) in [4.78, 5) is 13.3.